The second-order valence-corrected chi connectivity index (χ2v) is 4.96. The zero-order valence-electron chi connectivity index (χ0n) is 12.7. The Balaban J connectivity index is 1.87. The maximum Gasteiger partial charge on any atom is 0.124 e. The van der Waals surface area contributed by atoms with Crippen LogP contribution in [0.5, 0.6) is 11.5 Å². The van der Waals surface area contributed by atoms with Gasteiger partial charge in [-0.1, -0.05) is 0 Å². The predicted octanol–water partition coefficient (Wildman–Crippen LogP) is 2.72. The molecule has 1 heterocycles. The zero-order valence-corrected chi connectivity index (χ0v) is 12.7. The van der Waals surface area contributed by atoms with Crippen LogP contribution in [-0.4, -0.2) is 34.8 Å². The Bertz CT molecular complexity index is 632. The standard InChI is InChI=1S/C16H21N3O2/c1-12-9-13(2)19(18-12)8-4-7-17-11-14-10-15(21-3)5-6-16(14)20/h5-6,9-11,20H,4,7-8H2,1-3H3. The molecule has 0 amide bonds. The molecule has 0 unspecified atom stereocenters. The van der Waals surface area contributed by atoms with Gasteiger partial charge in [-0.25, -0.2) is 0 Å². The summed E-state index contributed by atoms with van der Waals surface area (Å²) >= 11 is 0. The van der Waals surface area contributed by atoms with Crippen molar-refractivity contribution >= 4 is 6.21 Å². The topological polar surface area (TPSA) is 59.6 Å². The first-order valence-corrected chi connectivity index (χ1v) is 6.98. The summed E-state index contributed by atoms with van der Waals surface area (Å²) in [4.78, 5) is 4.35. The first kappa shape index (κ1) is 15.1. The van der Waals surface area contributed by atoms with Crippen molar-refractivity contribution < 1.29 is 9.84 Å². The van der Waals surface area contributed by atoms with E-state index in [2.05, 4.69) is 23.1 Å². The highest BCUT2D eigenvalue weighted by Crippen LogP contribution is 2.21. The molecular formula is C16H21N3O2. The highest BCUT2D eigenvalue weighted by atomic mass is 16.5. The number of hydrogen-bond donors (Lipinski definition) is 1. The van der Waals surface area contributed by atoms with Gasteiger partial charge >= 0.3 is 0 Å². The van der Waals surface area contributed by atoms with Gasteiger partial charge in [0.25, 0.3) is 0 Å². The molecule has 0 radical (unpaired) electrons. The molecule has 2 rings (SSSR count). The SMILES string of the molecule is COc1ccc(O)c(C=NCCCn2nc(C)cc2C)c1. The molecule has 0 bridgehead atoms. The van der Waals surface area contributed by atoms with Gasteiger partial charge in [-0.05, 0) is 44.5 Å². The maximum atomic E-state index is 9.74. The Morgan fingerprint density at radius 3 is 2.81 bits per heavy atom. The second-order valence-electron chi connectivity index (χ2n) is 4.96. The number of ether oxygens (including phenoxy) is 1. The molecule has 1 aromatic carbocycles. The van der Waals surface area contributed by atoms with Gasteiger partial charge in [-0.2, -0.15) is 5.10 Å². The number of rotatable bonds is 6. The minimum absolute atomic E-state index is 0.207. The Labute approximate surface area is 124 Å². The molecule has 1 aromatic heterocycles. The van der Waals surface area contributed by atoms with Gasteiger partial charge in [0, 0.05) is 30.6 Å². The number of methoxy groups -OCH3 is 1. The summed E-state index contributed by atoms with van der Waals surface area (Å²) in [5.74, 6) is 0.912. The summed E-state index contributed by atoms with van der Waals surface area (Å²) in [7, 11) is 1.60. The van der Waals surface area contributed by atoms with Crippen LogP contribution >= 0.6 is 0 Å². The number of benzene rings is 1. The third-order valence-corrected chi connectivity index (χ3v) is 3.23. The summed E-state index contributed by atoms with van der Waals surface area (Å²) < 4.78 is 7.12. The van der Waals surface area contributed by atoms with Crippen molar-refractivity contribution in [2.24, 2.45) is 4.99 Å². The van der Waals surface area contributed by atoms with Crippen LogP contribution < -0.4 is 4.74 Å². The van der Waals surface area contributed by atoms with Crippen molar-refractivity contribution in [1.82, 2.24) is 9.78 Å². The normalized spacial score (nSPS) is 11.2. The first-order chi connectivity index (χ1) is 10.1. The van der Waals surface area contributed by atoms with Gasteiger partial charge in [0.1, 0.15) is 11.5 Å². The third-order valence-electron chi connectivity index (χ3n) is 3.23. The van der Waals surface area contributed by atoms with Gasteiger partial charge < -0.3 is 9.84 Å². The molecule has 0 saturated carbocycles. The van der Waals surface area contributed by atoms with E-state index in [-0.39, 0.29) is 5.75 Å². The van der Waals surface area contributed by atoms with Crippen LogP contribution in [0.3, 0.4) is 0 Å². The summed E-state index contributed by atoms with van der Waals surface area (Å²) in [6.07, 6.45) is 2.59. The van der Waals surface area contributed by atoms with Gasteiger partial charge in [-0.3, -0.25) is 9.67 Å². The predicted molar refractivity (Wildman–Crippen MR) is 83.4 cm³/mol. The van der Waals surface area contributed by atoms with Crippen molar-refractivity contribution in [1.29, 1.82) is 0 Å². The molecule has 0 spiro atoms. The molecule has 112 valence electrons. The van der Waals surface area contributed by atoms with Gasteiger partial charge in [0.2, 0.25) is 0 Å². The molecule has 21 heavy (non-hydrogen) atoms. The average molecular weight is 287 g/mol. The van der Waals surface area contributed by atoms with Crippen LogP contribution in [0, 0.1) is 13.8 Å². The average Bonchev–Trinajstić information content (AvgIpc) is 2.78. The largest absolute Gasteiger partial charge is 0.507 e. The molecule has 2 aromatic rings. The van der Waals surface area contributed by atoms with Crippen LogP contribution in [-0.2, 0) is 6.54 Å². The lowest BCUT2D eigenvalue weighted by Gasteiger charge is -2.04. The van der Waals surface area contributed by atoms with Gasteiger partial charge in [0.05, 0.1) is 12.8 Å². The summed E-state index contributed by atoms with van der Waals surface area (Å²) in [6, 6.07) is 7.16. The highest BCUT2D eigenvalue weighted by Gasteiger charge is 2.01. The quantitative estimate of drug-likeness (QED) is 0.656. The monoisotopic (exact) mass is 287 g/mol. The molecule has 0 atom stereocenters. The Morgan fingerprint density at radius 2 is 2.14 bits per heavy atom. The van der Waals surface area contributed by atoms with E-state index in [0.717, 1.165) is 18.7 Å². The number of aromatic nitrogens is 2. The van der Waals surface area contributed by atoms with E-state index in [9.17, 15) is 5.11 Å². The molecule has 5 heteroatoms. The van der Waals surface area contributed by atoms with Crippen molar-refractivity contribution in [2.45, 2.75) is 26.8 Å². The molecule has 1 N–H and O–H groups in total. The molecule has 0 aliphatic heterocycles. The number of phenolic OH excluding ortho intramolecular Hbond substituents is 1. The Morgan fingerprint density at radius 1 is 1.33 bits per heavy atom. The van der Waals surface area contributed by atoms with E-state index in [0.29, 0.717) is 17.9 Å². The van der Waals surface area contributed by atoms with Crippen LogP contribution in [0.25, 0.3) is 0 Å². The van der Waals surface area contributed by atoms with E-state index < -0.39 is 0 Å². The van der Waals surface area contributed by atoms with Gasteiger partial charge in [-0.15, -0.1) is 0 Å². The summed E-state index contributed by atoms with van der Waals surface area (Å²) in [6.45, 7) is 5.58. The van der Waals surface area contributed by atoms with Crippen LogP contribution in [0.1, 0.15) is 23.4 Å². The van der Waals surface area contributed by atoms with Crippen molar-refractivity contribution in [3.8, 4) is 11.5 Å². The fourth-order valence-corrected chi connectivity index (χ4v) is 2.14. The second kappa shape index (κ2) is 6.92. The molecule has 5 nitrogen and oxygen atoms in total. The third kappa shape index (κ3) is 4.08. The van der Waals surface area contributed by atoms with E-state index in [1.165, 1.54) is 5.69 Å². The molecule has 0 aliphatic rings. The van der Waals surface area contributed by atoms with Crippen molar-refractivity contribution in [3.05, 3.63) is 41.2 Å². The number of phenols is 1. The minimum atomic E-state index is 0.207. The minimum Gasteiger partial charge on any atom is -0.507 e. The summed E-state index contributed by atoms with van der Waals surface area (Å²) in [5, 5.41) is 14.2. The lowest BCUT2D eigenvalue weighted by molar-refractivity contribution is 0.412. The number of aliphatic imine (C=N–C) groups is 1. The lowest BCUT2D eigenvalue weighted by atomic mass is 10.2. The van der Waals surface area contributed by atoms with Crippen LogP contribution in [0.2, 0.25) is 0 Å². The molecule has 0 fully saturated rings. The first-order valence-electron chi connectivity index (χ1n) is 6.98. The van der Waals surface area contributed by atoms with Crippen molar-refractivity contribution in [2.75, 3.05) is 13.7 Å². The van der Waals surface area contributed by atoms with Gasteiger partial charge in [0.15, 0.2) is 0 Å². The smallest absolute Gasteiger partial charge is 0.124 e. The van der Waals surface area contributed by atoms with Crippen molar-refractivity contribution in [3.63, 3.8) is 0 Å². The maximum absolute atomic E-state index is 9.74. The van der Waals surface area contributed by atoms with E-state index >= 15 is 0 Å². The molecule has 0 saturated heterocycles. The number of nitrogens with zero attached hydrogens (tertiary/aromatic N) is 3. The van der Waals surface area contributed by atoms with E-state index in [1.807, 2.05) is 11.6 Å². The van der Waals surface area contributed by atoms with E-state index in [1.54, 1.807) is 31.5 Å². The highest BCUT2D eigenvalue weighted by molar-refractivity contribution is 5.84. The lowest BCUT2D eigenvalue weighted by Crippen LogP contribution is -2.03. The van der Waals surface area contributed by atoms with Crippen LogP contribution in [0.4, 0.5) is 0 Å². The van der Waals surface area contributed by atoms with Crippen LogP contribution in [0.15, 0.2) is 29.3 Å². The number of aromatic hydroxyl groups is 1. The number of aryl methyl sites for hydroxylation is 3. The zero-order chi connectivity index (χ0) is 15.2. The Hall–Kier alpha value is -2.30. The fourth-order valence-electron chi connectivity index (χ4n) is 2.14. The van der Waals surface area contributed by atoms with E-state index in [4.69, 9.17) is 4.74 Å². The fraction of sp³-hybridized carbons (Fsp3) is 0.375. The molecule has 0 aliphatic carbocycles. The molecular weight excluding hydrogens is 266 g/mol. The summed E-state index contributed by atoms with van der Waals surface area (Å²) in [5.41, 5.74) is 2.87. The Kier molecular flexibility index (Phi) is 4.98. The number of hydrogen-bond acceptors (Lipinski definition) is 4.